The highest BCUT2D eigenvalue weighted by Gasteiger charge is 2.28. The minimum absolute atomic E-state index is 0.0759. The number of aromatic nitrogens is 3. The van der Waals surface area contributed by atoms with Crippen LogP contribution in [0.4, 0.5) is 5.82 Å². The fraction of sp³-hybridized carbons (Fsp3) is 0.261. The van der Waals surface area contributed by atoms with Gasteiger partial charge in [-0.05, 0) is 62.1 Å². The standard InChI is InChI=1S/C23H21ClN4O2/c24-14-10-12-15(13-11-14)28-21(25)19(23(29)30-16-6-2-1-3-7-16)20-22(28)27-18-9-5-4-8-17(18)26-20/h4-5,8-13,16H,1-3,6-7,25H2. The van der Waals surface area contributed by atoms with E-state index >= 15 is 0 Å². The zero-order chi connectivity index (χ0) is 20.7. The Bertz CT molecular complexity index is 1240. The van der Waals surface area contributed by atoms with Crippen LogP contribution in [0.15, 0.2) is 48.5 Å². The summed E-state index contributed by atoms with van der Waals surface area (Å²) in [6.07, 6.45) is 5.03. The van der Waals surface area contributed by atoms with Gasteiger partial charge in [-0.15, -0.1) is 0 Å². The summed E-state index contributed by atoms with van der Waals surface area (Å²) < 4.78 is 7.56. The molecule has 0 unspecified atom stereocenters. The summed E-state index contributed by atoms with van der Waals surface area (Å²) in [4.78, 5) is 22.7. The van der Waals surface area contributed by atoms with Crippen molar-refractivity contribution in [1.82, 2.24) is 14.5 Å². The van der Waals surface area contributed by atoms with Gasteiger partial charge in [-0.25, -0.2) is 14.8 Å². The van der Waals surface area contributed by atoms with E-state index in [1.54, 1.807) is 16.7 Å². The number of nitrogen functional groups attached to an aromatic ring is 1. The van der Waals surface area contributed by atoms with Crippen LogP contribution in [0.3, 0.4) is 0 Å². The smallest absolute Gasteiger partial charge is 0.344 e. The van der Waals surface area contributed by atoms with E-state index in [4.69, 9.17) is 32.0 Å². The van der Waals surface area contributed by atoms with Crippen LogP contribution in [0.1, 0.15) is 42.5 Å². The molecule has 0 saturated heterocycles. The zero-order valence-corrected chi connectivity index (χ0v) is 17.1. The van der Waals surface area contributed by atoms with E-state index in [2.05, 4.69) is 0 Å². The van der Waals surface area contributed by atoms with Gasteiger partial charge in [-0.3, -0.25) is 4.57 Å². The summed E-state index contributed by atoms with van der Waals surface area (Å²) in [7, 11) is 0. The molecule has 2 heterocycles. The van der Waals surface area contributed by atoms with Crippen molar-refractivity contribution in [2.75, 3.05) is 5.73 Å². The lowest BCUT2D eigenvalue weighted by Crippen LogP contribution is -2.21. The molecule has 4 aromatic rings. The third-order valence-corrected chi connectivity index (χ3v) is 5.86. The molecule has 0 aliphatic heterocycles. The number of benzene rings is 2. The highest BCUT2D eigenvalue weighted by Crippen LogP contribution is 2.33. The fourth-order valence-corrected chi connectivity index (χ4v) is 4.23. The van der Waals surface area contributed by atoms with E-state index in [0.29, 0.717) is 21.7 Å². The maximum absolute atomic E-state index is 13.2. The van der Waals surface area contributed by atoms with Gasteiger partial charge in [0, 0.05) is 10.7 Å². The van der Waals surface area contributed by atoms with Crippen LogP contribution >= 0.6 is 11.6 Å². The Morgan fingerprint density at radius 2 is 1.67 bits per heavy atom. The second-order valence-electron chi connectivity index (χ2n) is 7.62. The zero-order valence-electron chi connectivity index (χ0n) is 16.3. The minimum Gasteiger partial charge on any atom is -0.459 e. The third-order valence-electron chi connectivity index (χ3n) is 5.61. The van der Waals surface area contributed by atoms with Gasteiger partial charge >= 0.3 is 5.97 Å². The Balaban J connectivity index is 1.70. The SMILES string of the molecule is Nc1c(C(=O)OC2CCCCC2)c2nc3ccccc3nc2n1-c1ccc(Cl)cc1. The molecule has 0 bridgehead atoms. The molecular weight excluding hydrogens is 400 g/mol. The number of nitrogens with zero attached hydrogens (tertiary/aromatic N) is 3. The Hall–Kier alpha value is -3.12. The lowest BCUT2D eigenvalue weighted by Gasteiger charge is -2.21. The number of carbonyl (C=O) groups is 1. The number of fused-ring (bicyclic) bond motifs is 2. The van der Waals surface area contributed by atoms with Crippen LogP contribution in [0.2, 0.25) is 5.02 Å². The molecule has 1 aliphatic rings. The molecule has 6 nitrogen and oxygen atoms in total. The summed E-state index contributed by atoms with van der Waals surface area (Å²) in [5.41, 5.74) is 9.91. The second-order valence-corrected chi connectivity index (χ2v) is 8.06. The van der Waals surface area contributed by atoms with Gasteiger partial charge in [0.25, 0.3) is 0 Å². The molecular formula is C23H21ClN4O2. The van der Waals surface area contributed by atoms with Crippen molar-refractivity contribution in [3.8, 4) is 5.69 Å². The van der Waals surface area contributed by atoms with E-state index < -0.39 is 5.97 Å². The monoisotopic (exact) mass is 420 g/mol. The summed E-state index contributed by atoms with van der Waals surface area (Å²) in [5, 5.41) is 0.613. The van der Waals surface area contributed by atoms with Crippen molar-refractivity contribution in [2.24, 2.45) is 0 Å². The lowest BCUT2D eigenvalue weighted by molar-refractivity contribution is 0.0214. The Morgan fingerprint density at radius 1 is 1.00 bits per heavy atom. The van der Waals surface area contributed by atoms with E-state index in [1.165, 1.54) is 6.42 Å². The first-order valence-electron chi connectivity index (χ1n) is 10.2. The van der Waals surface area contributed by atoms with Gasteiger partial charge in [0.1, 0.15) is 23.0 Å². The molecule has 5 rings (SSSR count). The van der Waals surface area contributed by atoms with Crippen molar-refractivity contribution in [3.63, 3.8) is 0 Å². The molecule has 0 atom stereocenters. The van der Waals surface area contributed by atoms with Crippen LogP contribution in [-0.4, -0.2) is 26.6 Å². The molecule has 0 radical (unpaired) electrons. The molecule has 2 aromatic carbocycles. The van der Waals surface area contributed by atoms with Crippen LogP contribution in [-0.2, 0) is 4.74 Å². The topological polar surface area (TPSA) is 83.0 Å². The van der Waals surface area contributed by atoms with E-state index in [-0.39, 0.29) is 17.5 Å². The average Bonchev–Trinajstić information content (AvgIpc) is 3.04. The van der Waals surface area contributed by atoms with Crippen molar-refractivity contribution in [3.05, 3.63) is 59.1 Å². The quantitative estimate of drug-likeness (QED) is 0.455. The molecule has 152 valence electrons. The Kier molecular flexibility index (Phi) is 4.79. The number of hydrogen-bond donors (Lipinski definition) is 1. The van der Waals surface area contributed by atoms with Gasteiger partial charge in [0.05, 0.1) is 11.0 Å². The van der Waals surface area contributed by atoms with Gasteiger partial charge in [0.2, 0.25) is 0 Å². The highest BCUT2D eigenvalue weighted by atomic mass is 35.5. The van der Waals surface area contributed by atoms with E-state index in [0.717, 1.165) is 36.9 Å². The van der Waals surface area contributed by atoms with Crippen LogP contribution in [0.25, 0.3) is 27.9 Å². The maximum Gasteiger partial charge on any atom is 0.344 e. The maximum atomic E-state index is 13.2. The van der Waals surface area contributed by atoms with Gasteiger partial charge in [0.15, 0.2) is 5.65 Å². The average molecular weight is 421 g/mol. The normalized spacial score (nSPS) is 15.0. The number of rotatable bonds is 3. The van der Waals surface area contributed by atoms with Crippen LogP contribution in [0, 0.1) is 0 Å². The molecule has 2 aromatic heterocycles. The number of ether oxygens (including phenoxy) is 1. The number of halogens is 1. The number of nitrogens with two attached hydrogens (primary N) is 1. The summed E-state index contributed by atoms with van der Waals surface area (Å²) >= 11 is 6.06. The second kappa shape index (κ2) is 7.61. The molecule has 0 amide bonds. The van der Waals surface area contributed by atoms with Crippen molar-refractivity contribution in [2.45, 2.75) is 38.2 Å². The Morgan fingerprint density at radius 3 is 2.37 bits per heavy atom. The minimum atomic E-state index is -0.443. The van der Waals surface area contributed by atoms with Gasteiger partial charge < -0.3 is 10.5 Å². The first kappa shape index (κ1) is 18.9. The molecule has 7 heteroatoms. The first-order chi connectivity index (χ1) is 14.6. The predicted molar refractivity (Wildman–Crippen MR) is 118 cm³/mol. The van der Waals surface area contributed by atoms with E-state index in [1.807, 2.05) is 36.4 Å². The molecule has 1 fully saturated rings. The molecule has 1 saturated carbocycles. The molecule has 0 spiro atoms. The van der Waals surface area contributed by atoms with Gasteiger partial charge in [-0.2, -0.15) is 0 Å². The lowest BCUT2D eigenvalue weighted by atomic mass is 9.98. The molecule has 2 N–H and O–H groups in total. The predicted octanol–water partition coefficient (Wildman–Crippen LogP) is 5.30. The summed E-state index contributed by atoms with van der Waals surface area (Å²) in [6, 6.07) is 14.8. The number of hydrogen-bond acceptors (Lipinski definition) is 5. The molecule has 30 heavy (non-hydrogen) atoms. The summed E-state index contributed by atoms with van der Waals surface area (Å²) in [6.45, 7) is 0. The van der Waals surface area contributed by atoms with Crippen molar-refractivity contribution < 1.29 is 9.53 Å². The fourth-order valence-electron chi connectivity index (χ4n) is 4.11. The van der Waals surface area contributed by atoms with Crippen LogP contribution < -0.4 is 5.73 Å². The third kappa shape index (κ3) is 3.27. The van der Waals surface area contributed by atoms with Crippen molar-refractivity contribution in [1.29, 1.82) is 0 Å². The number of carbonyl (C=O) groups excluding carboxylic acids is 1. The van der Waals surface area contributed by atoms with E-state index in [9.17, 15) is 4.79 Å². The number of esters is 1. The van der Waals surface area contributed by atoms with Gasteiger partial charge in [-0.1, -0.05) is 30.2 Å². The molecule has 1 aliphatic carbocycles. The first-order valence-corrected chi connectivity index (χ1v) is 10.5. The largest absolute Gasteiger partial charge is 0.459 e. The highest BCUT2D eigenvalue weighted by molar-refractivity contribution is 6.30. The van der Waals surface area contributed by atoms with Crippen molar-refractivity contribution >= 4 is 45.6 Å². The Labute approximate surface area is 178 Å². The number of anilines is 1. The summed E-state index contributed by atoms with van der Waals surface area (Å²) in [5.74, 6) is -0.176. The van der Waals surface area contributed by atoms with Crippen LogP contribution in [0.5, 0.6) is 0 Å². The number of para-hydroxylation sites is 2.